The predicted molar refractivity (Wildman–Crippen MR) is 101 cm³/mol. The fourth-order valence-electron chi connectivity index (χ4n) is 2.91. The van der Waals surface area contributed by atoms with E-state index in [-0.39, 0.29) is 6.54 Å². The highest BCUT2D eigenvalue weighted by molar-refractivity contribution is 6.39. The molecule has 0 aliphatic heterocycles. The van der Waals surface area contributed by atoms with Gasteiger partial charge >= 0.3 is 11.8 Å². The minimum absolute atomic E-state index is 0.0476. The third-order valence-corrected chi connectivity index (χ3v) is 4.34. The van der Waals surface area contributed by atoms with E-state index in [1.165, 1.54) is 0 Å². The Morgan fingerprint density at radius 1 is 1.08 bits per heavy atom. The number of amides is 2. The molecule has 0 radical (unpaired) electrons. The molecule has 0 bridgehead atoms. The summed E-state index contributed by atoms with van der Waals surface area (Å²) in [5.41, 5.74) is 3.15. The Kier molecular flexibility index (Phi) is 5.04. The van der Waals surface area contributed by atoms with Crippen LogP contribution in [0, 0.1) is 6.92 Å². The topological polar surface area (TPSA) is 83.4 Å². The van der Waals surface area contributed by atoms with Crippen molar-refractivity contribution in [3.63, 3.8) is 0 Å². The number of nitrogens with zero attached hydrogens (tertiary/aromatic N) is 1. The molecule has 0 fully saturated rings. The van der Waals surface area contributed by atoms with E-state index >= 15 is 0 Å². The normalized spacial score (nSPS) is 12.0. The van der Waals surface area contributed by atoms with Gasteiger partial charge < -0.3 is 20.3 Å². The van der Waals surface area contributed by atoms with E-state index in [1.807, 2.05) is 61.1 Å². The van der Waals surface area contributed by atoms with Crippen molar-refractivity contribution in [3.8, 4) is 0 Å². The fourth-order valence-corrected chi connectivity index (χ4v) is 2.91. The average molecular weight is 351 g/mol. The summed E-state index contributed by atoms with van der Waals surface area (Å²) in [6.07, 6.45) is 0.922. The first kappa shape index (κ1) is 17.7. The third-order valence-electron chi connectivity index (χ3n) is 4.34. The smallest absolute Gasteiger partial charge is 0.313 e. The number of benzene rings is 2. The number of aryl methyl sites for hydroxylation is 2. The fraction of sp³-hybridized carbons (Fsp3) is 0.200. The van der Waals surface area contributed by atoms with E-state index in [4.69, 9.17) is 0 Å². The summed E-state index contributed by atoms with van der Waals surface area (Å²) in [6, 6.07) is 14.9. The van der Waals surface area contributed by atoms with Crippen LogP contribution in [0.25, 0.3) is 10.9 Å². The van der Waals surface area contributed by atoms with Crippen LogP contribution in [-0.4, -0.2) is 28.0 Å². The lowest BCUT2D eigenvalue weighted by atomic mass is 10.1. The van der Waals surface area contributed by atoms with Crippen molar-refractivity contribution in [2.24, 2.45) is 7.05 Å². The first-order valence-corrected chi connectivity index (χ1v) is 8.34. The molecule has 26 heavy (non-hydrogen) atoms. The first-order chi connectivity index (χ1) is 12.5. The van der Waals surface area contributed by atoms with Gasteiger partial charge in [-0.05, 0) is 24.6 Å². The van der Waals surface area contributed by atoms with Gasteiger partial charge in [0.1, 0.15) is 0 Å². The summed E-state index contributed by atoms with van der Waals surface area (Å²) >= 11 is 0. The number of aliphatic hydroxyl groups excluding tert-OH is 1. The predicted octanol–water partition coefficient (Wildman–Crippen LogP) is 2.28. The van der Waals surface area contributed by atoms with Crippen LogP contribution in [0.15, 0.2) is 54.7 Å². The van der Waals surface area contributed by atoms with Crippen LogP contribution >= 0.6 is 0 Å². The molecule has 3 rings (SSSR count). The monoisotopic (exact) mass is 351 g/mol. The summed E-state index contributed by atoms with van der Waals surface area (Å²) in [7, 11) is 1.90. The summed E-state index contributed by atoms with van der Waals surface area (Å²) in [5.74, 6) is -1.54. The molecule has 1 aromatic heterocycles. The van der Waals surface area contributed by atoms with Crippen molar-refractivity contribution >= 4 is 28.4 Å². The highest BCUT2D eigenvalue weighted by Crippen LogP contribution is 2.25. The molecule has 1 unspecified atom stereocenters. The molecule has 2 aromatic carbocycles. The molecule has 1 atom stereocenters. The second-order valence-corrected chi connectivity index (χ2v) is 6.21. The molecule has 3 N–H and O–H groups in total. The van der Waals surface area contributed by atoms with Gasteiger partial charge in [-0.1, -0.05) is 36.4 Å². The van der Waals surface area contributed by atoms with Gasteiger partial charge in [-0.15, -0.1) is 0 Å². The second-order valence-electron chi connectivity index (χ2n) is 6.21. The van der Waals surface area contributed by atoms with Crippen LogP contribution in [0.2, 0.25) is 0 Å². The Labute approximate surface area is 151 Å². The van der Waals surface area contributed by atoms with Gasteiger partial charge in [0, 0.05) is 41.9 Å². The maximum atomic E-state index is 12.0. The Morgan fingerprint density at radius 2 is 1.77 bits per heavy atom. The largest absolute Gasteiger partial charge is 0.386 e. The zero-order valence-corrected chi connectivity index (χ0v) is 14.7. The molecule has 1 heterocycles. The molecule has 0 aliphatic carbocycles. The van der Waals surface area contributed by atoms with Crippen molar-refractivity contribution in [2.75, 3.05) is 11.9 Å². The Hall–Kier alpha value is -3.12. The average Bonchev–Trinajstić information content (AvgIpc) is 2.98. The summed E-state index contributed by atoms with van der Waals surface area (Å²) in [5, 5.41) is 16.4. The van der Waals surface area contributed by atoms with Crippen LogP contribution in [0.4, 0.5) is 5.69 Å². The maximum absolute atomic E-state index is 12.0. The maximum Gasteiger partial charge on any atom is 0.313 e. The lowest BCUT2D eigenvalue weighted by Gasteiger charge is -2.12. The lowest BCUT2D eigenvalue weighted by molar-refractivity contribution is -0.136. The van der Waals surface area contributed by atoms with E-state index in [9.17, 15) is 14.7 Å². The lowest BCUT2D eigenvalue weighted by Crippen LogP contribution is -2.37. The molecule has 0 saturated carbocycles. The highest BCUT2D eigenvalue weighted by atomic mass is 16.3. The number of carbonyl (C=O) groups is 2. The molecular weight excluding hydrogens is 330 g/mol. The molecule has 0 saturated heterocycles. The number of fused-ring (bicyclic) bond motifs is 1. The van der Waals surface area contributed by atoms with Crippen LogP contribution in [0.1, 0.15) is 17.2 Å². The van der Waals surface area contributed by atoms with Gasteiger partial charge in [-0.25, -0.2) is 0 Å². The standard InChI is InChI=1S/C20H21N3O3/c1-13-7-3-5-9-16(13)22-20(26)19(25)21-11-18(24)15-12-23(2)17-10-6-4-8-14(15)17/h3-10,12,18,24H,11H2,1-2H3,(H,21,25)(H,22,26). The van der Waals surface area contributed by atoms with Crippen LogP contribution in [0.5, 0.6) is 0 Å². The Bertz CT molecular complexity index is 962. The SMILES string of the molecule is Cc1ccccc1NC(=O)C(=O)NCC(O)c1cn(C)c2ccccc12. The summed E-state index contributed by atoms with van der Waals surface area (Å²) in [6.45, 7) is 1.80. The molecule has 2 amide bonds. The van der Waals surface area contributed by atoms with E-state index in [0.29, 0.717) is 11.3 Å². The van der Waals surface area contributed by atoms with Crippen LogP contribution in [0.3, 0.4) is 0 Å². The van der Waals surface area contributed by atoms with Crippen molar-refractivity contribution < 1.29 is 14.7 Å². The molecule has 6 nitrogen and oxygen atoms in total. The van der Waals surface area contributed by atoms with Gasteiger partial charge in [0.2, 0.25) is 0 Å². The first-order valence-electron chi connectivity index (χ1n) is 8.34. The number of nitrogens with one attached hydrogen (secondary N) is 2. The quantitative estimate of drug-likeness (QED) is 0.631. The number of hydrogen-bond donors (Lipinski definition) is 3. The van der Waals surface area contributed by atoms with E-state index in [1.54, 1.807) is 12.1 Å². The summed E-state index contributed by atoms with van der Waals surface area (Å²) in [4.78, 5) is 24.0. The number of rotatable bonds is 4. The van der Waals surface area contributed by atoms with E-state index in [2.05, 4.69) is 10.6 Å². The molecule has 0 spiro atoms. The zero-order valence-electron chi connectivity index (χ0n) is 14.7. The highest BCUT2D eigenvalue weighted by Gasteiger charge is 2.19. The number of aliphatic hydroxyl groups is 1. The number of hydrogen-bond acceptors (Lipinski definition) is 3. The van der Waals surface area contributed by atoms with Gasteiger partial charge in [0.25, 0.3) is 0 Å². The summed E-state index contributed by atoms with van der Waals surface area (Å²) < 4.78 is 1.92. The number of aromatic nitrogens is 1. The van der Waals surface area contributed by atoms with Crippen LogP contribution in [-0.2, 0) is 16.6 Å². The van der Waals surface area contributed by atoms with Crippen LogP contribution < -0.4 is 10.6 Å². The number of carbonyl (C=O) groups excluding carboxylic acids is 2. The van der Waals surface area contributed by atoms with Gasteiger partial charge in [-0.3, -0.25) is 9.59 Å². The minimum Gasteiger partial charge on any atom is -0.386 e. The van der Waals surface area contributed by atoms with Crippen molar-refractivity contribution in [1.82, 2.24) is 9.88 Å². The second kappa shape index (κ2) is 7.41. The van der Waals surface area contributed by atoms with Gasteiger partial charge in [0.15, 0.2) is 0 Å². The Morgan fingerprint density at radius 3 is 2.54 bits per heavy atom. The minimum atomic E-state index is -0.906. The number of para-hydroxylation sites is 2. The van der Waals surface area contributed by atoms with Crippen molar-refractivity contribution in [2.45, 2.75) is 13.0 Å². The molecule has 3 aromatic rings. The van der Waals surface area contributed by atoms with E-state index in [0.717, 1.165) is 16.5 Å². The third kappa shape index (κ3) is 3.60. The Balaban J connectivity index is 1.63. The van der Waals surface area contributed by atoms with E-state index < -0.39 is 17.9 Å². The molecule has 6 heteroatoms. The van der Waals surface area contributed by atoms with Gasteiger partial charge in [0.05, 0.1) is 6.10 Å². The van der Waals surface area contributed by atoms with Gasteiger partial charge in [-0.2, -0.15) is 0 Å². The van der Waals surface area contributed by atoms with Crippen molar-refractivity contribution in [3.05, 3.63) is 65.9 Å². The zero-order chi connectivity index (χ0) is 18.7. The molecular formula is C20H21N3O3. The molecule has 134 valence electrons. The van der Waals surface area contributed by atoms with Crippen molar-refractivity contribution in [1.29, 1.82) is 0 Å². The number of anilines is 1. The molecule has 0 aliphatic rings.